The van der Waals surface area contributed by atoms with Crippen LogP contribution in [0.5, 0.6) is 0 Å². The van der Waals surface area contributed by atoms with Crippen LogP contribution in [0.4, 0.5) is 0 Å². The van der Waals surface area contributed by atoms with Crippen molar-refractivity contribution >= 4 is 31.7 Å². The van der Waals surface area contributed by atoms with Crippen LogP contribution in [0, 0.1) is 11.8 Å². The second-order valence-corrected chi connectivity index (χ2v) is 8.15. The van der Waals surface area contributed by atoms with E-state index in [9.17, 15) is 23.4 Å². The summed E-state index contributed by atoms with van der Waals surface area (Å²) in [5, 5.41) is 19.1. The molecular weight excluding hydrogens is 348 g/mol. The third kappa shape index (κ3) is 3.59. The number of aliphatic hydroxyl groups excluding tert-OH is 1. The standard InChI is InChI=1S/C13H15BrO5S/c14-9-3-1-8(2-4-9)5-10(13(16)17)11-6-20(18,19)7-12(11)15/h1-4,10-12,15H,5-7H2,(H,16,17). The van der Waals surface area contributed by atoms with E-state index in [4.69, 9.17) is 0 Å². The Kier molecular flexibility index (Phi) is 4.51. The molecule has 20 heavy (non-hydrogen) atoms. The van der Waals surface area contributed by atoms with Gasteiger partial charge in [-0.05, 0) is 24.1 Å². The van der Waals surface area contributed by atoms with Crippen molar-refractivity contribution in [2.75, 3.05) is 11.5 Å². The maximum Gasteiger partial charge on any atom is 0.307 e. The third-order valence-electron chi connectivity index (χ3n) is 3.57. The molecule has 0 bridgehead atoms. The van der Waals surface area contributed by atoms with Gasteiger partial charge in [0.15, 0.2) is 9.84 Å². The van der Waals surface area contributed by atoms with E-state index in [0.717, 1.165) is 10.0 Å². The molecule has 0 saturated carbocycles. The van der Waals surface area contributed by atoms with Crippen LogP contribution < -0.4 is 0 Å². The highest BCUT2D eigenvalue weighted by Gasteiger charge is 2.43. The molecule has 3 atom stereocenters. The molecule has 1 aliphatic rings. The number of hydrogen-bond donors (Lipinski definition) is 2. The van der Waals surface area contributed by atoms with Gasteiger partial charge in [0, 0.05) is 10.4 Å². The maximum atomic E-state index is 11.5. The minimum Gasteiger partial charge on any atom is -0.481 e. The third-order valence-corrected chi connectivity index (χ3v) is 5.84. The van der Waals surface area contributed by atoms with Gasteiger partial charge < -0.3 is 10.2 Å². The predicted octanol–water partition coefficient (Wildman–Crippen LogP) is 1.10. The van der Waals surface area contributed by atoms with Gasteiger partial charge in [0.2, 0.25) is 0 Å². The number of rotatable bonds is 4. The van der Waals surface area contributed by atoms with E-state index in [1.807, 2.05) is 0 Å². The van der Waals surface area contributed by atoms with E-state index in [2.05, 4.69) is 15.9 Å². The number of halogens is 1. The quantitative estimate of drug-likeness (QED) is 0.836. The first-order valence-corrected chi connectivity index (χ1v) is 8.75. The van der Waals surface area contributed by atoms with Crippen molar-refractivity contribution in [2.45, 2.75) is 12.5 Å². The molecule has 3 unspecified atom stereocenters. The number of sulfone groups is 1. The molecule has 110 valence electrons. The van der Waals surface area contributed by atoms with Crippen molar-refractivity contribution in [3.63, 3.8) is 0 Å². The second kappa shape index (κ2) is 5.83. The molecule has 1 heterocycles. The normalized spacial score (nSPS) is 26.3. The van der Waals surface area contributed by atoms with Gasteiger partial charge >= 0.3 is 5.97 Å². The molecule has 7 heteroatoms. The van der Waals surface area contributed by atoms with Gasteiger partial charge in [-0.15, -0.1) is 0 Å². The number of aliphatic carboxylic acids is 1. The van der Waals surface area contributed by atoms with Crippen LogP contribution in [0.1, 0.15) is 5.56 Å². The Hall–Kier alpha value is -0.920. The fourth-order valence-corrected chi connectivity index (χ4v) is 4.75. The van der Waals surface area contributed by atoms with Crippen LogP contribution in [0.15, 0.2) is 28.7 Å². The van der Waals surface area contributed by atoms with E-state index in [1.165, 1.54) is 0 Å². The minimum atomic E-state index is -3.34. The number of benzene rings is 1. The van der Waals surface area contributed by atoms with E-state index in [0.29, 0.717) is 0 Å². The summed E-state index contributed by atoms with van der Waals surface area (Å²) in [6.07, 6.45) is -0.892. The van der Waals surface area contributed by atoms with Crippen molar-refractivity contribution in [1.29, 1.82) is 0 Å². The van der Waals surface area contributed by atoms with Crippen LogP contribution in [0.2, 0.25) is 0 Å². The number of carboxylic acid groups (broad SMARTS) is 1. The number of hydrogen-bond acceptors (Lipinski definition) is 4. The number of carbonyl (C=O) groups is 1. The summed E-state index contributed by atoms with van der Waals surface area (Å²) >= 11 is 3.30. The van der Waals surface area contributed by atoms with E-state index in [-0.39, 0.29) is 17.9 Å². The average molecular weight is 363 g/mol. The van der Waals surface area contributed by atoms with Crippen LogP contribution in [-0.4, -0.2) is 42.2 Å². The molecule has 0 spiro atoms. The Morgan fingerprint density at radius 2 is 1.90 bits per heavy atom. The molecule has 0 amide bonds. The molecule has 2 rings (SSSR count). The first-order chi connectivity index (χ1) is 9.28. The molecular formula is C13H15BrO5S. The Morgan fingerprint density at radius 3 is 2.35 bits per heavy atom. The molecule has 5 nitrogen and oxygen atoms in total. The molecule has 0 aromatic heterocycles. The number of aliphatic hydroxyl groups is 1. The predicted molar refractivity (Wildman–Crippen MR) is 77.1 cm³/mol. The smallest absolute Gasteiger partial charge is 0.307 e. The first-order valence-electron chi connectivity index (χ1n) is 6.14. The fraction of sp³-hybridized carbons (Fsp3) is 0.462. The second-order valence-electron chi connectivity index (χ2n) is 5.08. The van der Waals surface area contributed by atoms with Crippen LogP contribution in [0.25, 0.3) is 0 Å². The van der Waals surface area contributed by atoms with Crippen molar-refractivity contribution < 1.29 is 23.4 Å². The SMILES string of the molecule is O=C(O)C(Cc1ccc(Br)cc1)C1CS(=O)(=O)CC1O. The molecule has 0 aliphatic carbocycles. The highest BCUT2D eigenvalue weighted by molar-refractivity contribution is 9.10. The van der Waals surface area contributed by atoms with Crippen molar-refractivity contribution in [2.24, 2.45) is 11.8 Å². The highest BCUT2D eigenvalue weighted by Crippen LogP contribution is 2.29. The number of carboxylic acids is 1. The summed E-state index contributed by atoms with van der Waals surface area (Å²) in [7, 11) is -3.34. The fourth-order valence-electron chi connectivity index (χ4n) is 2.54. The molecule has 1 aromatic rings. The van der Waals surface area contributed by atoms with Crippen LogP contribution >= 0.6 is 15.9 Å². The lowest BCUT2D eigenvalue weighted by molar-refractivity contribution is -0.144. The van der Waals surface area contributed by atoms with Gasteiger partial charge in [-0.3, -0.25) is 4.79 Å². The monoisotopic (exact) mass is 362 g/mol. The van der Waals surface area contributed by atoms with Crippen molar-refractivity contribution in [3.05, 3.63) is 34.3 Å². The summed E-state index contributed by atoms with van der Waals surface area (Å²) < 4.78 is 23.9. The lowest BCUT2D eigenvalue weighted by atomic mass is 9.85. The van der Waals surface area contributed by atoms with E-state index >= 15 is 0 Å². The zero-order valence-corrected chi connectivity index (χ0v) is 13.0. The first kappa shape index (κ1) is 15.5. The zero-order valence-electron chi connectivity index (χ0n) is 10.6. The topological polar surface area (TPSA) is 91.7 Å². The Bertz CT molecular complexity index is 596. The summed E-state index contributed by atoms with van der Waals surface area (Å²) in [5.41, 5.74) is 0.803. The maximum absolute atomic E-state index is 11.5. The van der Waals surface area contributed by atoms with Crippen LogP contribution in [-0.2, 0) is 21.1 Å². The summed E-state index contributed by atoms with van der Waals surface area (Å²) in [6, 6.07) is 7.18. The molecule has 1 saturated heterocycles. The molecule has 2 N–H and O–H groups in total. The summed E-state index contributed by atoms with van der Waals surface area (Å²) in [4.78, 5) is 11.4. The molecule has 1 aromatic carbocycles. The van der Waals surface area contributed by atoms with Gasteiger partial charge in [0.1, 0.15) is 0 Å². The lowest BCUT2D eigenvalue weighted by Gasteiger charge is -2.21. The largest absolute Gasteiger partial charge is 0.481 e. The zero-order chi connectivity index (χ0) is 14.9. The highest BCUT2D eigenvalue weighted by atomic mass is 79.9. The van der Waals surface area contributed by atoms with Gasteiger partial charge in [0.25, 0.3) is 0 Å². The van der Waals surface area contributed by atoms with Gasteiger partial charge in [-0.1, -0.05) is 28.1 Å². The van der Waals surface area contributed by atoms with Gasteiger partial charge in [-0.25, -0.2) is 8.42 Å². The molecule has 0 radical (unpaired) electrons. The van der Waals surface area contributed by atoms with E-state index < -0.39 is 33.7 Å². The average Bonchev–Trinajstić information content (AvgIpc) is 2.61. The minimum absolute atomic E-state index is 0.208. The van der Waals surface area contributed by atoms with E-state index in [1.54, 1.807) is 24.3 Å². The van der Waals surface area contributed by atoms with Crippen molar-refractivity contribution in [3.8, 4) is 0 Å². The summed E-state index contributed by atoms with van der Waals surface area (Å²) in [6.45, 7) is 0. The van der Waals surface area contributed by atoms with Gasteiger partial charge in [-0.2, -0.15) is 0 Å². The molecule has 1 fully saturated rings. The summed E-state index contributed by atoms with van der Waals surface area (Å²) in [5.74, 6) is -3.33. The van der Waals surface area contributed by atoms with Crippen molar-refractivity contribution in [1.82, 2.24) is 0 Å². The Labute approximate surface area is 125 Å². The van der Waals surface area contributed by atoms with Gasteiger partial charge in [0.05, 0.1) is 23.5 Å². The molecule has 1 aliphatic heterocycles. The van der Waals surface area contributed by atoms with Crippen LogP contribution in [0.3, 0.4) is 0 Å². The lowest BCUT2D eigenvalue weighted by Crippen LogP contribution is -2.33. The Balaban J connectivity index is 2.20. The Morgan fingerprint density at radius 1 is 1.30 bits per heavy atom.